The molecule has 3 rings (SSSR count). The highest BCUT2D eigenvalue weighted by molar-refractivity contribution is 5.61. The fourth-order valence-corrected chi connectivity index (χ4v) is 2.82. The van der Waals surface area contributed by atoms with E-state index in [9.17, 15) is 0 Å². The molecule has 0 atom stereocenters. The summed E-state index contributed by atoms with van der Waals surface area (Å²) in [7, 11) is 0. The van der Waals surface area contributed by atoms with Gasteiger partial charge in [0.2, 0.25) is 0 Å². The third kappa shape index (κ3) is 4.90. The van der Waals surface area contributed by atoms with Crippen LogP contribution < -0.4 is 5.73 Å². The number of benzene rings is 2. The van der Waals surface area contributed by atoms with Gasteiger partial charge in [0.15, 0.2) is 0 Å². The summed E-state index contributed by atoms with van der Waals surface area (Å²) < 4.78 is 0. The lowest BCUT2D eigenvalue weighted by Gasteiger charge is -2.05. The van der Waals surface area contributed by atoms with Gasteiger partial charge in [-0.25, -0.2) is 9.97 Å². The molecule has 0 aliphatic carbocycles. The zero-order valence-electron chi connectivity index (χ0n) is 14.8. The van der Waals surface area contributed by atoms with Crippen LogP contribution in [0.15, 0.2) is 60.9 Å². The Balaban J connectivity index is 1.60. The molecule has 0 bridgehead atoms. The Bertz CT molecular complexity index is 775. The maximum atomic E-state index is 5.71. The van der Waals surface area contributed by atoms with E-state index < -0.39 is 0 Å². The van der Waals surface area contributed by atoms with Crippen molar-refractivity contribution in [2.45, 2.75) is 39.0 Å². The minimum Gasteiger partial charge on any atom is -0.399 e. The van der Waals surface area contributed by atoms with E-state index >= 15 is 0 Å². The normalized spacial score (nSPS) is 10.8. The van der Waals surface area contributed by atoms with Crippen LogP contribution in [0.5, 0.6) is 0 Å². The molecule has 0 fully saturated rings. The van der Waals surface area contributed by atoms with Crippen molar-refractivity contribution in [3.8, 4) is 11.1 Å². The number of nitrogens with zero attached hydrogens (tertiary/aromatic N) is 2. The van der Waals surface area contributed by atoms with Gasteiger partial charge in [0.1, 0.15) is 5.82 Å². The van der Waals surface area contributed by atoms with Crippen LogP contribution in [-0.2, 0) is 19.3 Å². The quantitative estimate of drug-likeness (QED) is 0.629. The van der Waals surface area contributed by atoms with Gasteiger partial charge >= 0.3 is 0 Å². The Hall–Kier alpha value is -2.68. The summed E-state index contributed by atoms with van der Waals surface area (Å²) >= 11 is 0. The molecule has 1 heterocycles. The highest BCUT2D eigenvalue weighted by atomic mass is 14.9. The first-order valence-corrected chi connectivity index (χ1v) is 8.99. The maximum absolute atomic E-state index is 5.71. The van der Waals surface area contributed by atoms with Gasteiger partial charge in [-0.05, 0) is 48.1 Å². The molecule has 0 spiro atoms. The number of aryl methyl sites for hydroxylation is 3. The third-order valence-corrected chi connectivity index (χ3v) is 4.43. The van der Waals surface area contributed by atoms with Crippen molar-refractivity contribution in [1.82, 2.24) is 9.97 Å². The lowest BCUT2D eigenvalue weighted by Crippen LogP contribution is -1.98. The minimum absolute atomic E-state index is 0.796. The van der Waals surface area contributed by atoms with Crippen molar-refractivity contribution < 1.29 is 0 Å². The van der Waals surface area contributed by atoms with E-state index in [4.69, 9.17) is 5.73 Å². The Morgan fingerprint density at radius 3 is 1.96 bits per heavy atom. The van der Waals surface area contributed by atoms with Gasteiger partial charge in [-0.15, -0.1) is 0 Å². The smallest absolute Gasteiger partial charge is 0.128 e. The van der Waals surface area contributed by atoms with Crippen molar-refractivity contribution in [3.63, 3.8) is 0 Å². The molecule has 128 valence electrons. The second-order valence-electron chi connectivity index (χ2n) is 6.43. The van der Waals surface area contributed by atoms with E-state index in [0.29, 0.717) is 0 Å². The Labute approximate surface area is 150 Å². The van der Waals surface area contributed by atoms with Crippen molar-refractivity contribution >= 4 is 5.69 Å². The molecule has 0 aliphatic rings. The number of nitrogens with two attached hydrogens (primary N) is 1. The fraction of sp³-hybridized carbons (Fsp3) is 0.273. The molecule has 2 N–H and O–H groups in total. The lowest BCUT2D eigenvalue weighted by molar-refractivity contribution is 0.795. The molecule has 0 saturated carbocycles. The SMILES string of the molecule is CCCCc1ccc(-c2cnc(CCc3ccc(N)cc3)nc2)cc1. The second-order valence-corrected chi connectivity index (χ2v) is 6.43. The van der Waals surface area contributed by atoms with Crippen molar-refractivity contribution in [1.29, 1.82) is 0 Å². The molecule has 0 radical (unpaired) electrons. The second kappa shape index (κ2) is 8.43. The van der Waals surface area contributed by atoms with Crippen molar-refractivity contribution in [3.05, 3.63) is 77.9 Å². The highest BCUT2D eigenvalue weighted by Gasteiger charge is 2.02. The first-order valence-electron chi connectivity index (χ1n) is 8.99. The number of hydrogen-bond donors (Lipinski definition) is 1. The summed E-state index contributed by atoms with van der Waals surface area (Å²) in [6.07, 6.45) is 9.22. The first kappa shape index (κ1) is 17.2. The predicted octanol–water partition coefficient (Wildman–Crippen LogP) is 4.85. The van der Waals surface area contributed by atoms with Crippen LogP contribution in [0.2, 0.25) is 0 Å². The number of aromatic nitrogens is 2. The Morgan fingerprint density at radius 1 is 0.720 bits per heavy atom. The van der Waals surface area contributed by atoms with E-state index in [1.54, 1.807) is 0 Å². The Kier molecular flexibility index (Phi) is 5.78. The molecule has 3 heteroatoms. The third-order valence-electron chi connectivity index (χ3n) is 4.43. The van der Waals surface area contributed by atoms with Crippen LogP contribution in [0.25, 0.3) is 11.1 Å². The zero-order chi connectivity index (χ0) is 17.5. The fourth-order valence-electron chi connectivity index (χ4n) is 2.82. The van der Waals surface area contributed by atoms with Crippen molar-refractivity contribution in [2.24, 2.45) is 0 Å². The van der Waals surface area contributed by atoms with E-state index in [1.165, 1.54) is 29.5 Å². The number of nitrogen functional groups attached to an aromatic ring is 1. The van der Waals surface area contributed by atoms with E-state index in [1.807, 2.05) is 24.5 Å². The number of unbranched alkanes of at least 4 members (excludes halogenated alkanes) is 1. The molecule has 0 saturated heterocycles. The summed E-state index contributed by atoms with van der Waals surface area (Å²) in [5.74, 6) is 0.875. The van der Waals surface area contributed by atoms with Crippen molar-refractivity contribution in [2.75, 3.05) is 5.73 Å². The highest BCUT2D eigenvalue weighted by Crippen LogP contribution is 2.19. The predicted molar refractivity (Wildman–Crippen MR) is 104 cm³/mol. The summed E-state index contributed by atoms with van der Waals surface area (Å²) in [6, 6.07) is 16.7. The van der Waals surface area contributed by atoms with Gasteiger partial charge in [0.05, 0.1) is 0 Å². The monoisotopic (exact) mass is 331 g/mol. The van der Waals surface area contributed by atoms with Crippen LogP contribution in [0.4, 0.5) is 5.69 Å². The van der Waals surface area contributed by atoms with Gasteiger partial charge in [-0.3, -0.25) is 0 Å². The first-order chi connectivity index (χ1) is 12.2. The molecule has 3 nitrogen and oxygen atoms in total. The molecule has 25 heavy (non-hydrogen) atoms. The topological polar surface area (TPSA) is 51.8 Å². The summed E-state index contributed by atoms with van der Waals surface area (Å²) in [5, 5.41) is 0. The van der Waals surface area contributed by atoms with Crippen LogP contribution in [-0.4, -0.2) is 9.97 Å². The standard InChI is InChI=1S/C22H25N3/c1-2-3-4-17-5-10-19(11-6-17)20-15-24-22(25-16-20)14-9-18-7-12-21(23)13-8-18/h5-8,10-13,15-16H,2-4,9,14,23H2,1H3. The molecular weight excluding hydrogens is 306 g/mol. The minimum atomic E-state index is 0.796. The average Bonchev–Trinajstić information content (AvgIpc) is 2.67. The van der Waals surface area contributed by atoms with Gasteiger partial charge in [0, 0.05) is 30.1 Å². The molecule has 3 aromatic rings. The van der Waals surface area contributed by atoms with Gasteiger partial charge in [0.25, 0.3) is 0 Å². The Morgan fingerprint density at radius 2 is 1.32 bits per heavy atom. The molecular formula is C22H25N3. The molecule has 0 unspecified atom stereocenters. The summed E-state index contributed by atoms with van der Waals surface area (Å²) in [4.78, 5) is 9.05. The van der Waals surface area contributed by atoms with E-state index in [0.717, 1.165) is 36.3 Å². The molecule has 2 aromatic carbocycles. The summed E-state index contributed by atoms with van der Waals surface area (Å²) in [5.41, 5.74) is 11.4. The largest absolute Gasteiger partial charge is 0.399 e. The van der Waals surface area contributed by atoms with Gasteiger partial charge < -0.3 is 5.73 Å². The van der Waals surface area contributed by atoms with E-state index in [-0.39, 0.29) is 0 Å². The van der Waals surface area contributed by atoms with Crippen LogP contribution >= 0.6 is 0 Å². The van der Waals surface area contributed by atoms with E-state index in [2.05, 4.69) is 53.3 Å². The van der Waals surface area contributed by atoms with Crippen LogP contribution in [0.1, 0.15) is 36.7 Å². The van der Waals surface area contributed by atoms with Gasteiger partial charge in [-0.2, -0.15) is 0 Å². The zero-order valence-corrected chi connectivity index (χ0v) is 14.8. The summed E-state index contributed by atoms with van der Waals surface area (Å²) in [6.45, 7) is 2.22. The molecule has 0 amide bonds. The molecule has 1 aromatic heterocycles. The number of hydrogen-bond acceptors (Lipinski definition) is 3. The number of rotatable bonds is 7. The van der Waals surface area contributed by atoms with Crippen LogP contribution in [0.3, 0.4) is 0 Å². The molecule has 0 aliphatic heterocycles. The number of anilines is 1. The maximum Gasteiger partial charge on any atom is 0.128 e. The lowest BCUT2D eigenvalue weighted by atomic mass is 10.0. The van der Waals surface area contributed by atoms with Gasteiger partial charge in [-0.1, -0.05) is 49.7 Å². The van der Waals surface area contributed by atoms with Crippen LogP contribution in [0, 0.1) is 0 Å². The average molecular weight is 331 g/mol.